The number of rotatable bonds is 4. The molecular weight excluding hydrogens is 323 g/mol. The van der Waals surface area contributed by atoms with Crippen LogP contribution in [0.3, 0.4) is 0 Å². The maximum atomic E-state index is 13.1. The van der Waals surface area contributed by atoms with Gasteiger partial charge in [-0.1, -0.05) is 0 Å². The van der Waals surface area contributed by atoms with Gasteiger partial charge < -0.3 is 4.74 Å². The molecule has 1 unspecified atom stereocenters. The third-order valence-electron chi connectivity index (χ3n) is 2.96. The van der Waals surface area contributed by atoms with Crippen LogP contribution in [0.2, 0.25) is 0 Å². The Kier molecular flexibility index (Phi) is 4.40. The maximum Gasteiger partial charge on any atom is 0.179 e. The molecule has 1 fully saturated rings. The highest BCUT2D eigenvalue weighted by Crippen LogP contribution is 2.25. The third kappa shape index (κ3) is 3.30. The lowest BCUT2D eigenvalue weighted by Crippen LogP contribution is -2.15. The first-order valence-electron chi connectivity index (χ1n) is 5.78. The van der Waals surface area contributed by atoms with E-state index >= 15 is 0 Å². The summed E-state index contributed by atoms with van der Waals surface area (Å²) in [4.78, 5) is 0.0143. The minimum Gasteiger partial charge on any atom is -0.378 e. The van der Waals surface area contributed by atoms with E-state index in [-0.39, 0.29) is 16.8 Å². The van der Waals surface area contributed by atoms with Gasteiger partial charge >= 0.3 is 0 Å². The van der Waals surface area contributed by atoms with Crippen LogP contribution in [0.15, 0.2) is 27.6 Å². The summed E-state index contributed by atoms with van der Waals surface area (Å²) in [5.74, 6) is -0.561. The van der Waals surface area contributed by atoms with Gasteiger partial charge in [-0.15, -0.1) is 0 Å². The summed E-state index contributed by atoms with van der Waals surface area (Å²) in [6.07, 6.45) is 2.37. The largest absolute Gasteiger partial charge is 0.378 e. The molecule has 0 aromatic heterocycles. The molecule has 0 aliphatic carbocycles. The SMILES string of the molecule is O=S(=O)(CCC1CCCO1)c1cc(F)ccc1Br. The Morgan fingerprint density at radius 3 is 2.89 bits per heavy atom. The summed E-state index contributed by atoms with van der Waals surface area (Å²) in [6.45, 7) is 0.703. The Morgan fingerprint density at radius 2 is 2.22 bits per heavy atom. The second kappa shape index (κ2) is 5.67. The zero-order chi connectivity index (χ0) is 13.2. The molecule has 100 valence electrons. The topological polar surface area (TPSA) is 43.4 Å². The van der Waals surface area contributed by atoms with Gasteiger partial charge in [-0.05, 0) is 53.4 Å². The van der Waals surface area contributed by atoms with Crippen molar-refractivity contribution in [1.82, 2.24) is 0 Å². The Morgan fingerprint density at radius 1 is 1.44 bits per heavy atom. The molecule has 1 atom stereocenters. The smallest absolute Gasteiger partial charge is 0.179 e. The molecule has 18 heavy (non-hydrogen) atoms. The van der Waals surface area contributed by atoms with Gasteiger partial charge in [0.2, 0.25) is 0 Å². The van der Waals surface area contributed by atoms with Crippen LogP contribution < -0.4 is 0 Å². The lowest BCUT2D eigenvalue weighted by Gasteiger charge is -2.10. The molecule has 1 aromatic carbocycles. The molecule has 0 radical (unpaired) electrons. The van der Waals surface area contributed by atoms with Gasteiger partial charge in [-0.25, -0.2) is 12.8 Å². The van der Waals surface area contributed by atoms with E-state index in [4.69, 9.17) is 4.74 Å². The van der Waals surface area contributed by atoms with Crippen LogP contribution in [-0.2, 0) is 14.6 Å². The molecule has 0 bridgehead atoms. The number of ether oxygens (including phenoxy) is 1. The van der Waals surface area contributed by atoms with E-state index in [0.717, 1.165) is 18.9 Å². The quantitative estimate of drug-likeness (QED) is 0.849. The molecule has 1 aliphatic rings. The molecule has 1 saturated heterocycles. The Bertz CT molecular complexity index is 524. The predicted octanol–water partition coefficient (Wildman–Crippen LogP) is 2.93. The fraction of sp³-hybridized carbons (Fsp3) is 0.500. The molecule has 3 nitrogen and oxygen atoms in total. The van der Waals surface area contributed by atoms with Crippen LogP contribution in [0.4, 0.5) is 4.39 Å². The first-order valence-corrected chi connectivity index (χ1v) is 8.23. The van der Waals surface area contributed by atoms with Crippen molar-refractivity contribution in [2.45, 2.75) is 30.3 Å². The monoisotopic (exact) mass is 336 g/mol. The number of sulfone groups is 1. The number of benzene rings is 1. The van der Waals surface area contributed by atoms with Gasteiger partial charge in [-0.3, -0.25) is 0 Å². The zero-order valence-corrected chi connectivity index (χ0v) is 12.1. The van der Waals surface area contributed by atoms with E-state index in [2.05, 4.69) is 15.9 Å². The van der Waals surface area contributed by atoms with Gasteiger partial charge in [0.15, 0.2) is 9.84 Å². The Hall–Kier alpha value is -0.460. The van der Waals surface area contributed by atoms with Crippen LogP contribution in [0.5, 0.6) is 0 Å². The van der Waals surface area contributed by atoms with Crippen molar-refractivity contribution in [3.05, 3.63) is 28.5 Å². The average molecular weight is 337 g/mol. The minimum atomic E-state index is -3.47. The van der Waals surface area contributed by atoms with Crippen molar-refractivity contribution < 1.29 is 17.5 Å². The number of halogens is 2. The molecule has 1 heterocycles. The lowest BCUT2D eigenvalue weighted by atomic mass is 10.2. The van der Waals surface area contributed by atoms with E-state index in [9.17, 15) is 12.8 Å². The van der Waals surface area contributed by atoms with Crippen molar-refractivity contribution in [2.24, 2.45) is 0 Å². The first-order chi connectivity index (χ1) is 8.49. The number of hydrogen-bond acceptors (Lipinski definition) is 3. The van der Waals surface area contributed by atoms with Crippen molar-refractivity contribution in [1.29, 1.82) is 0 Å². The lowest BCUT2D eigenvalue weighted by molar-refractivity contribution is 0.109. The molecule has 0 saturated carbocycles. The van der Waals surface area contributed by atoms with E-state index in [1.807, 2.05) is 0 Å². The van der Waals surface area contributed by atoms with Gasteiger partial charge in [0, 0.05) is 11.1 Å². The molecule has 1 aliphatic heterocycles. The van der Waals surface area contributed by atoms with E-state index < -0.39 is 15.7 Å². The molecular formula is C12H14BrFO3S. The second-order valence-corrected chi connectivity index (χ2v) is 7.25. The van der Waals surface area contributed by atoms with E-state index in [1.54, 1.807) is 0 Å². The normalized spacial score (nSPS) is 20.2. The highest BCUT2D eigenvalue weighted by molar-refractivity contribution is 9.10. The fourth-order valence-electron chi connectivity index (χ4n) is 1.98. The number of hydrogen-bond donors (Lipinski definition) is 0. The standard InChI is InChI=1S/C12H14BrFO3S/c13-11-4-3-9(14)8-12(11)18(15,16)7-5-10-2-1-6-17-10/h3-4,8,10H,1-2,5-7H2. The van der Waals surface area contributed by atoms with Crippen LogP contribution in [-0.4, -0.2) is 26.9 Å². The second-order valence-electron chi connectivity index (χ2n) is 4.32. The van der Waals surface area contributed by atoms with Crippen molar-refractivity contribution >= 4 is 25.8 Å². The summed E-state index contributed by atoms with van der Waals surface area (Å²) in [5.41, 5.74) is 0. The van der Waals surface area contributed by atoms with Gasteiger partial charge in [0.05, 0.1) is 16.8 Å². The average Bonchev–Trinajstić information content (AvgIpc) is 2.83. The van der Waals surface area contributed by atoms with Crippen LogP contribution in [0.1, 0.15) is 19.3 Å². The highest BCUT2D eigenvalue weighted by atomic mass is 79.9. The maximum absolute atomic E-state index is 13.1. The van der Waals surface area contributed by atoms with Crippen molar-refractivity contribution in [3.63, 3.8) is 0 Å². The Labute approximate surface area is 114 Å². The summed E-state index contributed by atoms with van der Waals surface area (Å²) >= 11 is 3.14. The molecule has 0 spiro atoms. The summed E-state index contributed by atoms with van der Waals surface area (Å²) in [5, 5.41) is 0. The fourth-order valence-corrected chi connectivity index (χ4v) is 4.42. The van der Waals surface area contributed by atoms with Crippen molar-refractivity contribution in [3.8, 4) is 0 Å². The molecule has 0 N–H and O–H groups in total. The Balaban J connectivity index is 2.12. The summed E-state index contributed by atoms with van der Waals surface area (Å²) < 4.78 is 43.1. The van der Waals surface area contributed by atoms with E-state index in [1.165, 1.54) is 12.1 Å². The highest BCUT2D eigenvalue weighted by Gasteiger charge is 2.23. The molecule has 0 amide bonds. The van der Waals surface area contributed by atoms with Crippen LogP contribution in [0, 0.1) is 5.82 Å². The molecule has 6 heteroatoms. The summed E-state index contributed by atoms with van der Waals surface area (Å²) in [6, 6.07) is 3.69. The first kappa shape index (κ1) is 14.0. The predicted molar refractivity (Wildman–Crippen MR) is 69.7 cm³/mol. The van der Waals surface area contributed by atoms with Crippen LogP contribution >= 0.6 is 15.9 Å². The van der Waals surface area contributed by atoms with E-state index in [0.29, 0.717) is 17.5 Å². The van der Waals surface area contributed by atoms with Gasteiger partial charge in [0.1, 0.15) is 5.82 Å². The van der Waals surface area contributed by atoms with Gasteiger partial charge in [0.25, 0.3) is 0 Å². The summed E-state index contributed by atoms with van der Waals surface area (Å²) in [7, 11) is -3.47. The zero-order valence-electron chi connectivity index (χ0n) is 9.73. The van der Waals surface area contributed by atoms with Crippen LogP contribution in [0.25, 0.3) is 0 Å². The molecule has 2 rings (SSSR count). The van der Waals surface area contributed by atoms with Crippen molar-refractivity contribution in [2.75, 3.05) is 12.4 Å². The third-order valence-corrected chi connectivity index (χ3v) is 5.70. The minimum absolute atomic E-state index is 0.0142. The van der Waals surface area contributed by atoms with Gasteiger partial charge in [-0.2, -0.15) is 0 Å². The molecule has 1 aromatic rings.